The van der Waals surface area contributed by atoms with Crippen molar-refractivity contribution in [3.63, 3.8) is 0 Å². The van der Waals surface area contributed by atoms with Crippen molar-refractivity contribution in [1.29, 1.82) is 0 Å². The quantitative estimate of drug-likeness (QED) is 0.761. The van der Waals surface area contributed by atoms with Gasteiger partial charge in [0.15, 0.2) is 5.78 Å². The Hall–Kier alpha value is -1.44. The van der Waals surface area contributed by atoms with Gasteiger partial charge in [0.2, 0.25) is 0 Å². The minimum Gasteiger partial charge on any atom is -0.364 e. The summed E-state index contributed by atoms with van der Waals surface area (Å²) in [4.78, 5) is 15.4. The molecule has 0 aliphatic rings. The molecule has 0 aliphatic heterocycles. The Morgan fingerprint density at radius 1 is 1.47 bits per heavy atom. The smallest absolute Gasteiger partial charge is 0.364 e. The maximum Gasteiger partial charge on any atom is 0.411 e. The van der Waals surface area contributed by atoms with E-state index in [-0.39, 0.29) is 6.42 Å². The van der Waals surface area contributed by atoms with Crippen LogP contribution >= 0.6 is 0 Å². The summed E-state index contributed by atoms with van der Waals surface area (Å²) < 4.78 is 41.4. The molecule has 1 rings (SSSR count). The molecule has 0 unspecified atom stereocenters. The molecule has 19 heavy (non-hydrogen) atoms. The SMILES string of the molecule is CC(C)Cn1ncnc1CC(=O)COCC(F)(F)F. The second-order valence-corrected chi connectivity index (χ2v) is 4.58. The number of ketones is 1. The van der Waals surface area contributed by atoms with Crippen molar-refractivity contribution in [2.45, 2.75) is 33.0 Å². The van der Waals surface area contributed by atoms with Crippen molar-refractivity contribution in [2.24, 2.45) is 5.92 Å². The Balaban J connectivity index is 2.42. The maximum absolute atomic E-state index is 11.8. The molecule has 0 aromatic carbocycles. The van der Waals surface area contributed by atoms with Gasteiger partial charge in [-0.25, -0.2) is 9.67 Å². The number of Topliss-reactive ketones (excluding diaryl/α,β-unsaturated/α-hetero) is 1. The van der Waals surface area contributed by atoms with Crippen molar-refractivity contribution in [3.8, 4) is 0 Å². The molecule has 0 atom stereocenters. The fraction of sp³-hybridized carbons (Fsp3) is 0.727. The van der Waals surface area contributed by atoms with Crippen LogP contribution in [0.25, 0.3) is 0 Å². The largest absolute Gasteiger partial charge is 0.411 e. The first-order chi connectivity index (χ1) is 8.78. The van der Waals surface area contributed by atoms with Crippen molar-refractivity contribution in [1.82, 2.24) is 14.8 Å². The van der Waals surface area contributed by atoms with Gasteiger partial charge in [-0.1, -0.05) is 13.8 Å². The zero-order valence-electron chi connectivity index (χ0n) is 10.8. The maximum atomic E-state index is 11.8. The Kier molecular flexibility index (Phi) is 5.46. The topological polar surface area (TPSA) is 57.0 Å². The number of hydrogen-bond acceptors (Lipinski definition) is 4. The Labute approximate surface area is 108 Å². The molecule has 0 spiro atoms. The summed E-state index contributed by atoms with van der Waals surface area (Å²) in [7, 11) is 0. The van der Waals surface area contributed by atoms with Gasteiger partial charge in [-0.05, 0) is 5.92 Å². The molecule has 108 valence electrons. The molecule has 0 radical (unpaired) electrons. The zero-order valence-corrected chi connectivity index (χ0v) is 10.8. The van der Waals surface area contributed by atoms with Crippen LogP contribution in [-0.2, 0) is 22.5 Å². The van der Waals surface area contributed by atoms with Crippen molar-refractivity contribution < 1.29 is 22.7 Å². The van der Waals surface area contributed by atoms with Crippen LogP contribution in [0.5, 0.6) is 0 Å². The van der Waals surface area contributed by atoms with E-state index in [2.05, 4.69) is 14.8 Å². The highest BCUT2D eigenvalue weighted by Gasteiger charge is 2.27. The van der Waals surface area contributed by atoms with Gasteiger partial charge in [-0.3, -0.25) is 4.79 Å². The predicted molar refractivity (Wildman–Crippen MR) is 60.4 cm³/mol. The Morgan fingerprint density at radius 3 is 2.74 bits per heavy atom. The first-order valence-electron chi connectivity index (χ1n) is 5.81. The highest BCUT2D eigenvalue weighted by Crippen LogP contribution is 2.14. The molecule has 0 fully saturated rings. The molecule has 0 saturated heterocycles. The van der Waals surface area contributed by atoms with E-state index in [1.807, 2.05) is 13.8 Å². The van der Waals surface area contributed by atoms with E-state index in [9.17, 15) is 18.0 Å². The predicted octanol–water partition coefficient (Wildman–Crippen LogP) is 1.62. The van der Waals surface area contributed by atoms with Gasteiger partial charge < -0.3 is 4.74 Å². The van der Waals surface area contributed by atoms with Gasteiger partial charge in [0.25, 0.3) is 0 Å². The molecule has 5 nitrogen and oxygen atoms in total. The van der Waals surface area contributed by atoms with Crippen LogP contribution in [0.1, 0.15) is 19.7 Å². The number of carbonyl (C=O) groups excluding carboxylic acids is 1. The third kappa shape index (κ3) is 6.32. The van der Waals surface area contributed by atoms with Crippen molar-refractivity contribution in [3.05, 3.63) is 12.2 Å². The summed E-state index contributed by atoms with van der Waals surface area (Å²) in [6.07, 6.45) is -3.18. The van der Waals surface area contributed by atoms with E-state index in [0.29, 0.717) is 18.3 Å². The lowest BCUT2D eigenvalue weighted by atomic mass is 10.2. The molecule has 1 aromatic rings. The third-order valence-corrected chi connectivity index (χ3v) is 2.12. The second kappa shape index (κ2) is 6.65. The first kappa shape index (κ1) is 15.6. The number of halogens is 3. The minimum absolute atomic E-state index is 0.0788. The second-order valence-electron chi connectivity index (χ2n) is 4.58. The number of rotatable bonds is 7. The van der Waals surface area contributed by atoms with Crippen LogP contribution in [0.15, 0.2) is 6.33 Å². The molecular formula is C11H16F3N3O2. The average molecular weight is 279 g/mol. The minimum atomic E-state index is -4.42. The first-order valence-corrected chi connectivity index (χ1v) is 5.81. The lowest BCUT2D eigenvalue weighted by Crippen LogP contribution is -2.22. The molecule has 0 aliphatic carbocycles. The van der Waals surface area contributed by atoms with Crippen molar-refractivity contribution >= 4 is 5.78 Å². The van der Waals surface area contributed by atoms with Gasteiger partial charge in [0.05, 0.1) is 6.42 Å². The third-order valence-electron chi connectivity index (χ3n) is 2.12. The number of aromatic nitrogens is 3. The number of carbonyl (C=O) groups is 1. The van der Waals surface area contributed by atoms with E-state index in [0.717, 1.165) is 0 Å². The molecule has 0 saturated carbocycles. The summed E-state index contributed by atoms with van der Waals surface area (Å²) in [5, 5.41) is 3.96. The summed E-state index contributed by atoms with van der Waals surface area (Å²) in [5.41, 5.74) is 0. The molecule has 0 amide bonds. The molecule has 1 aromatic heterocycles. The number of alkyl halides is 3. The molecule has 8 heteroatoms. The summed E-state index contributed by atoms with van der Waals surface area (Å²) in [6.45, 7) is 2.58. The van der Waals surface area contributed by atoms with Gasteiger partial charge in [0, 0.05) is 6.54 Å². The summed E-state index contributed by atoms with van der Waals surface area (Å²) >= 11 is 0. The molecular weight excluding hydrogens is 263 g/mol. The van der Waals surface area contributed by atoms with Crippen LogP contribution in [0.2, 0.25) is 0 Å². The van der Waals surface area contributed by atoms with Crippen LogP contribution in [0.3, 0.4) is 0 Å². The van der Waals surface area contributed by atoms with E-state index < -0.39 is 25.2 Å². The van der Waals surface area contributed by atoms with Crippen molar-refractivity contribution in [2.75, 3.05) is 13.2 Å². The van der Waals surface area contributed by atoms with Gasteiger partial charge in [-0.15, -0.1) is 0 Å². The van der Waals surface area contributed by atoms with Crippen LogP contribution < -0.4 is 0 Å². The Bertz CT molecular complexity index is 416. The van der Waals surface area contributed by atoms with Crippen LogP contribution in [0.4, 0.5) is 13.2 Å². The van der Waals surface area contributed by atoms with Gasteiger partial charge in [-0.2, -0.15) is 18.3 Å². The lowest BCUT2D eigenvalue weighted by molar-refractivity contribution is -0.175. The summed E-state index contributed by atoms with van der Waals surface area (Å²) in [5.74, 6) is 0.314. The normalized spacial score (nSPS) is 12.1. The number of ether oxygens (including phenoxy) is 1. The fourth-order valence-electron chi connectivity index (χ4n) is 1.43. The van der Waals surface area contributed by atoms with Crippen LogP contribution in [0, 0.1) is 5.92 Å². The highest BCUT2D eigenvalue weighted by atomic mass is 19.4. The average Bonchev–Trinajstić information content (AvgIpc) is 2.62. The monoisotopic (exact) mass is 279 g/mol. The van der Waals surface area contributed by atoms with Crippen LogP contribution in [-0.4, -0.2) is 39.9 Å². The highest BCUT2D eigenvalue weighted by molar-refractivity contribution is 5.81. The van der Waals surface area contributed by atoms with Gasteiger partial charge >= 0.3 is 6.18 Å². The van der Waals surface area contributed by atoms with E-state index in [1.165, 1.54) is 6.33 Å². The Morgan fingerprint density at radius 2 is 2.16 bits per heavy atom. The fourth-order valence-corrected chi connectivity index (χ4v) is 1.43. The standard InChI is InChI=1S/C11H16F3N3O2/c1-8(2)4-17-10(15-7-16-17)3-9(18)5-19-6-11(12,13)14/h7-8H,3-6H2,1-2H3. The lowest BCUT2D eigenvalue weighted by Gasteiger charge is -2.09. The van der Waals surface area contributed by atoms with Gasteiger partial charge in [0.1, 0.15) is 25.4 Å². The molecule has 0 bridgehead atoms. The number of hydrogen-bond donors (Lipinski definition) is 0. The summed E-state index contributed by atoms with van der Waals surface area (Å²) in [6, 6.07) is 0. The van der Waals surface area contributed by atoms with E-state index >= 15 is 0 Å². The molecule has 0 N–H and O–H groups in total. The zero-order chi connectivity index (χ0) is 14.5. The van der Waals surface area contributed by atoms with E-state index in [4.69, 9.17) is 0 Å². The molecule has 1 heterocycles. The van der Waals surface area contributed by atoms with E-state index in [1.54, 1.807) is 4.68 Å². The number of nitrogens with zero attached hydrogens (tertiary/aromatic N) is 3.